The van der Waals surface area contributed by atoms with E-state index < -0.39 is 5.97 Å². The van der Waals surface area contributed by atoms with Gasteiger partial charge in [-0.2, -0.15) is 5.26 Å². The van der Waals surface area contributed by atoms with Gasteiger partial charge in [0.15, 0.2) is 0 Å². The first-order chi connectivity index (χ1) is 8.06. The summed E-state index contributed by atoms with van der Waals surface area (Å²) in [6.45, 7) is 3.63. The van der Waals surface area contributed by atoms with Crippen molar-refractivity contribution in [1.82, 2.24) is 4.98 Å². The SMILES string of the molecule is CCOC(=O)c1c(C)nc(SC)c(C#N)c1N. The molecule has 1 rings (SSSR count). The lowest BCUT2D eigenvalue weighted by Crippen LogP contribution is -2.13. The number of carbonyl (C=O) groups is 1. The summed E-state index contributed by atoms with van der Waals surface area (Å²) in [7, 11) is 0. The van der Waals surface area contributed by atoms with Crippen LogP contribution >= 0.6 is 11.8 Å². The second-order valence-electron chi connectivity index (χ2n) is 3.20. The number of aryl methyl sites for hydroxylation is 1. The van der Waals surface area contributed by atoms with E-state index in [1.54, 1.807) is 20.1 Å². The van der Waals surface area contributed by atoms with Gasteiger partial charge in [-0.15, -0.1) is 11.8 Å². The number of nitrogen functional groups attached to an aromatic ring is 1. The molecule has 6 heteroatoms. The van der Waals surface area contributed by atoms with Gasteiger partial charge in [0.2, 0.25) is 0 Å². The molecule has 0 saturated heterocycles. The average Bonchev–Trinajstić information content (AvgIpc) is 2.28. The van der Waals surface area contributed by atoms with Crippen molar-refractivity contribution >= 4 is 23.4 Å². The number of thioether (sulfide) groups is 1. The van der Waals surface area contributed by atoms with Crippen molar-refractivity contribution in [3.8, 4) is 6.07 Å². The van der Waals surface area contributed by atoms with Gasteiger partial charge in [0.1, 0.15) is 22.2 Å². The Bertz CT molecular complexity index is 494. The predicted octanol–water partition coefficient (Wildman–Crippen LogP) is 1.74. The van der Waals surface area contributed by atoms with E-state index in [1.165, 1.54) is 11.8 Å². The van der Waals surface area contributed by atoms with E-state index >= 15 is 0 Å². The van der Waals surface area contributed by atoms with Gasteiger partial charge in [0.05, 0.1) is 18.0 Å². The van der Waals surface area contributed by atoms with Crippen LogP contribution in [0.4, 0.5) is 5.69 Å². The minimum atomic E-state index is -0.542. The van der Waals surface area contributed by atoms with Crippen LogP contribution in [0.5, 0.6) is 0 Å². The van der Waals surface area contributed by atoms with Crippen molar-refractivity contribution in [3.05, 3.63) is 16.8 Å². The molecule has 5 nitrogen and oxygen atoms in total. The molecule has 0 spiro atoms. The van der Waals surface area contributed by atoms with E-state index in [1.807, 2.05) is 6.07 Å². The van der Waals surface area contributed by atoms with Gasteiger partial charge in [0.25, 0.3) is 0 Å². The van der Waals surface area contributed by atoms with Crippen LogP contribution in [0.3, 0.4) is 0 Å². The van der Waals surface area contributed by atoms with Crippen LogP contribution in [0.15, 0.2) is 5.03 Å². The van der Waals surface area contributed by atoms with Crippen molar-refractivity contribution < 1.29 is 9.53 Å². The van der Waals surface area contributed by atoms with E-state index in [2.05, 4.69) is 4.98 Å². The number of hydrogen-bond acceptors (Lipinski definition) is 6. The lowest BCUT2D eigenvalue weighted by molar-refractivity contribution is 0.0526. The third kappa shape index (κ3) is 2.50. The number of hydrogen-bond donors (Lipinski definition) is 1. The van der Waals surface area contributed by atoms with Gasteiger partial charge in [0, 0.05) is 0 Å². The largest absolute Gasteiger partial charge is 0.462 e. The van der Waals surface area contributed by atoms with Crippen molar-refractivity contribution in [1.29, 1.82) is 5.26 Å². The van der Waals surface area contributed by atoms with Crippen molar-refractivity contribution in [2.24, 2.45) is 0 Å². The Labute approximate surface area is 104 Å². The number of ether oxygens (including phenoxy) is 1. The van der Waals surface area contributed by atoms with Gasteiger partial charge in [-0.25, -0.2) is 9.78 Å². The maximum absolute atomic E-state index is 11.7. The molecule has 0 aromatic carbocycles. The van der Waals surface area contributed by atoms with E-state index in [-0.39, 0.29) is 23.4 Å². The molecule has 0 radical (unpaired) electrons. The number of aromatic nitrogens is 1. The summed E-state index contributed by atoms with van der Waals surface area (Å²) in [5.74, 6) is -0.542. The maximum atomic E-state index is 11.7. The van der Waals surface area contributed by atoms with Crippen LogP contribution in [-0.2, 0) is 4.74 Å². The molecular formula is C11H13N3O2S. The molecule has 1 aromatic heterocycles. The third-order valence-electron chi connectivity index (χ3n) is 2.17. The highest BCUT2D eigenvalue weighted by Crippen LogP contribution is 2.28. The molecule has 0 amide bonds. The maximum Gasteiger partial charge on any atom is 0.342 e. The van der Waals surface area contributed by atoms with E-state index in [0.717, 1.165) is 0 Å². The first-order valence-electron chi connectivity index (χ1n) is 4.98. The molecule has 1 heterocycles. The molecule has 0 bridgehead atoms. The quantitative estimate of drug-likeness (QED) is 0.650. The van der Waals surface area contributed by atoms with E-state index in [4.69, 9.17) is 15.7 Å². The molecule has 1 aromatic rings. The molecule has 0 aliphatic heterocycles. The zero-order valence-corrected chi connectivity index (χ0v) is 10.7. The second-order valence-corrected chi connectivity index (χ2v) is 4.00. The lowest BCUT2D eigenvalue weighted by Gasteiger charge is -2.11. The highest BCUT2D eigenvalue weighted by Gasteiger charge is 2.21. The normalized spacial score (nSPS) is 9.76. The Morgan fingerprint density at radius 1 is 1.65 bits per heavy atom. The Kier molecular flexibility index (Phi) is 4.35. The van der Waals surface area contributed by atoms with Crippen LogP contribution in [0.2, 0.25) is 0 Å². The van der Waals surface area contributed by atoms with Crippen molar-refractivity contribution in [3.63, 3.8) is 0 Å². The van der Waals surface area contributed by atoms with Crippen LogP contribution < -0.4 is 5.73 Å². The lowest BCUT2D eigenvalue weighted by atomic mass is 10.1. The number of nitrogens with zero attached hydrogens (tertiary/aromatic N) is 2. The molecule has 0 atom stereocenters. The standard InChI is InChI=1S/C11H13N3O2S/c1-4-16-11(15)8-6(2)14-10(17-3)7(5-12)9(8)13/h4H2,1-3H3,(H2,13,14). The number of nitrogens with two attached hydrogens (primary N) is 1. The second kappa shape index (κ2) is 5.55. The van der Waals surface area contributed by atoms with Crippen LogP contribution in [0.1, 0.15) is 28.5 Å². The van der Waals surface area contributed by atoms with Gasteiger partial charge in [-0.3, -0.25) is 0 Å². The van der Waals surface area contributed by atoms with Crippen molar-refractivity contribution in [2.75, 3.05) is 18.6 Å². The summed E-state index contributed by atoms with van der Waals surface area (Å²) in [5.41, 5.74) is 6.85. The molecule has 0 aliphatic carbocycles. The predicted molar refractivity (Wildman–Crippen MR) is 65.8 cm³/mol. The molecular weight excluding hydrogens is 238 g/mol. The van der Waals surface area contributed by atoms with Crippen molar-refractivity contribution in [2.45, 2.75) is 18.9 Å². The number of esters is 1. The minimum Gasteiger partial charge on any atom is -0.462 e. The summed E-state index contributed by atoms with van der Waals surface area (Å²) in [6, 6.07) is 1.96. The van der Waals surface area contributed by atoms with Gasteiger partial charge in [-0.05, 0) is 20.1 Å². The number of carbonyl (C=O) groups excluding carboxylic acids is 1. The Morgan fingerprint density at radius 2 is 2.29 bits per heavy atom. The summed E-state index contributed by atoms with van der Waals surface area (Å²) in [5, 5.41) is 9.55. The fraction of sp³-hybridized carbons (Fsp3) is 0.364. The van der Waals surface area contributed by atoms with Gasteiger partial charge in [-0.1, -0.05) is 0 Å². The summed E-state index contributed by atoms with van der Waals surface area (Å²) >= 11 is 1.32. The van der Waals surface area contributed by atoms with Crippen LogP contribution in [-0.4, -0.2) is 23.8 Å². The topological polar surface area (TPSA) is 89.0 Å². The molecule has 17 heavy (non-hydrogen) atoms. The molecule has 0 unspecified atom stereocenters. The fourth-order valence-corrected chi connectivity index (χ4v) is 2.00. The molecule has 0 aliphatic rings. The molecule has 0 saturated carbocycles. The number of rotatable bonds is 3. The highest BCUT2D eigenvalue weighted by atomic mass is 32.2. The average molecular weight is 251 g/mol. The third-order valence-corrected chi connectivity index (χ3v) is 2.85. The Morgan fingerprint density at radius 3 is 2.76 bits per heavy atom. The monoisotopic (exact) mass is 251 g/mol. The number of nitriles is 1. The van der Waals surface area contributed by atoms with E-state index in [9.17, 15) is 4.79 Å². The van der Waals surface area contributed by atoms with Crippen LogP contribution in [0, 0.1) is 18.3 Å². The van der Waals surface area contributed by atoms with Gasteiger partial charge < -0.3 is 10.5 Å². The smallest absolute Gasteiger partial charge is 0.342 e. The van der Waals surface area contributed by atoms with E-state index in [0.29, 0.717) is 10.7 Å². The van der Waals surface area contributed by atoms with Crippen LogP contribution in [0.25, 0.3) is 0 Å². The summed E-state index contributed by atoms with van der Waals surface area (Å²) in [4.78, 5) is 15.9. The molecule has 90 valence electrons. The Balaban J connectivity index is 3.43. The minimum absolute atomic E-state index is 0.141. The first-order valence-corrected chi connectivity index (χ1v) is 6.20. The molecule has 0 fully saturated rings. The molecule has 2 N–H and O–H groups in total. The summed E-state index contributed by atoms with van der Waals surface area (Å²) in [6.07, 6.45) is 1.80. The van der Waals surface area contributed by atoms with Gasteiger partial charge >= 0.3 is 5.97 Å². The highest BCUT2D eigenvalue weighted by molar-refractivity contribution is 7.98. The summed E-state index contributed by atoms with van der Waals surface area (Å²) < 4.78 is 4.89. The zero-order chi connectivity index (χ0) is 13.0. The first kappa shape index (κ1) is 13.3. The zero-order valence-electron chi connectivity index (χ0n) is 9.90. The fourth-order valence-electron chi connectivity index (χ4n) is 1.42. The number of anilines is 1. The number of pyridine rings is 1. The Hall–Kier alpha value is -1.74.